The number of aromatic nitrogens is 1. The second-order valence-electron chi connectivity index (χ2n) is 4.48. The molecule has 0 aliphatic carbocycles. The molecule has 1 aromatic heterocycles. The first-order valence-electron chi connectivity index (χ1n) is 6.24. The van der Waals surface area contributed by atoms with Gasteiger partial charge < -0.3 is 16.4 Å². The Morgan fingerprint density at radius 1 is 1.37 bits per heavy atom. The second kappa shape index (κ2) is 5.67. The molecule has 19 heavy (non-hydrogen) atoms. The zero-order valence-corrected chi connectivity index (χ0v) is 11.0. The van der Waals surface area contributed by atoms with Crippen LogP contribution in [0.4, 0.5) is 5.82 Å². The van der Waals surface area contributed by atoms with Gasteiger partial charge in [0.15, 0.2) is 0 Å². The van der Waals surface area contributed by atoms with Crippen molar-refractivity contribution < 1.29 is 4.79 Å². The lowest BCUT2D eigenvalue weighted by molar-refractivity contribution is 0.100. The van der Waals surface area contributed by atoms with Gasteiger partial charge in [0.2, 0.25) is 0 Å². The Bertz CT molecular complexity index is 597. The van der Waals surface area contributed by atoms with Gasteiger partial charge in [-0.1, -0.05) is 18.2 Å². The summed E-state index contributed by atoms with van der Waals surface area (Å²) in [4.78, 5) is 18.0. The van der Waals surface area contributed by atoms with Gasteiger partial charge in [0, 0.05) is 19.0 Å². The number of primary amides is 1. The van der Waals surface area contributed by atoms with Crippen molar-refractivity contribution in [1.82, 2.24) is 4.98 Å². The molecule has 0 saturated heterocycles. The van der Waals surface area contributed by atoms with E-state index in [1.54, 1.807) is 6.07 Å². The summed E-state index contributed by atoms with van der Waals surface area (Å²) in [6.45, 7) is 1.34. The molecule has 0 spiro atoms. The molecule has 5 nitrogen and oxygen atoms in total. The maximum Gasteiger partial charge on any atom is 0.252 e. The molecule has 2 aromatic rings. The molecule has 5 heteroatoms. The second-order valence-corrected chi connectivity index (χ2v) is 4.48. The molecule has 0 radical (unpaired) electrons. The maximum atomic E-state index is 11.6. The SMILES string of the molecule is CN(CCCN)c1nc2ccccc2cc1C(N)=O. The van der Waals surface area contributed by atoms with Gasteiger partial charge in [-0.25, -0.2) is 4.98 Å². The average Bonchev–Trinajstić information content (AvgIpc) is 2.43. The van der Waals surface area contributed by atoms with E-state index in [0.29, 0.717) is 17.9 Å². The van der Waals surface area contributed by atoms with Gasteiger partial charge in [-0.2, -0.15) is 0 Å². The fraction of sp³-hybridized carbons (Fsp3) is 0.286. The minimum absolute atomic E-state index is 0.443. The van der Waals surface area contributed by atoms with Crippen molar-refractivity contribution in [3.63, 3.8) is 0 Å². The van der Waals surface area contributed by atoms with Crippen LogP contribution in [0.3, 0.4) is 0 Å². The summed E-state index contributed by atoms with van der Waals surface area (Å²) in [5, 5.41) is 0.910. The van der Waals surface area contributed by atoms with Gasteiger partial charge >= 0.3 is 0 Å². The number of hydrogen-bond donors (Lipinski definition) is 2. The molecule has 0 atom stereocenters. The van der Waals surface area contributed by atoms with E-state index in [0.717, 1.165) is 23.9 Å². The molecular formula is C14H18N4O. The molecule has 0 aliphatic rings. The van der Waals surface area contributed by atoms with Crippen molar-refractivity contribution in [2.24, 2.45) is 11.5 Å². The number of pyridine rings is 1. The van der Waals surface area contributed by atoms with Gasteiger partial charge in [0.1, 0.15) is 5.82 Å². The highest BCUT2D eigenvalue weighted by Gasteiger charge is 2.14. The number of nitrogens with two attached hydrogens (primary N) is 2. The van der Waals surface area contributed by atoms with Gasteiger partial charge in [0.25, 0.3) is 5.91 Å². The molecule has 1 aromatic carbocycles. The van der Waals surface area contributed by atoms with Crippen LogP contribution in [0.5, 0.6) is 0 Å². The third kappa shape index (κ3) is 2.82. The van der Waals surface area contributed by atoms with E-state index in [1.807, 2.05) is 36.2 Å². The minimum Gasteiger partial charge on any atom is -0.365 e. The Morgan fingerprint density at radius 3 is 2.79 bits per heavy atom. The molecule has 0 bridgehead atoms. The topological polar surface area (TPSA) is 85.2 Å². The highest BCUT2D eigenvalue weighted by Crippen LogP contribution is 2.22. The minimum atomic E-state index is -0.465. The van der Waals surface area contributed by atoms with E-state index < -0.39 is 5.91 Å². The number of carbonyl (C=O) groups excluding carboxylic acids is 1. The summed E-state index contributed by atoms with van der Waals surface area (Å²) in [6, 6.07) is 9.45. The first-order chi connectivity index (χ1) is 9.13. The Kier molecular flexibility index (Phi) is 3.97. The fourth-order valence-corrected chi connectivity index (χ4v) is 2.01. The molecule has 100 valence electrons. The molecule has 0 fully saturated rings. The number of carbonyl (C=O) groups is 1. The molecule has 1 amide bonds. The van der Waals surface area contributed by atoms with E-state index in [2.05, 4.69) is 4.98 Å². The number of hydrogen-bond acceptors (Lipinski definition) is 4. The van der Waals surface area contributed by atoms with E-state index in [4.69, 9.17) is 11.5 Å². The van der Waals surface area contributed by atoms with Crippen LogP contribution >= 0.6 is 0 Å². The summed E-state index contributed by atoms with van der Waals surface area (Å²) in [5.41, 5.74) is 12.2. The standard InChI is InChI=1S/C14H18N4O/c1-18(8-4-7-15)14-11(13(16)19)9-10-5-2-3-6-12(10)17-14/h2-3,5-6,9H,4,7-8,15H2,1H3,(H2,16,19). The molecule has 0 saturated carbocycles. The van der Waals surface area contributed by atoms with Crippen molar-refractivity contribution >= 4 is 22.6 Å². The zero-order chi connectivity index (χ0) is 13.8. The van der Waals surface area contributed by atoms with Crippen molar-refractivity contribution in [3.05, 3.63) is 35.9 Å². The Labute approximate surface area is 112 Å². The smallest absolute Gasteiger partial charge is 0.252 e. The quantitative estimate of drug-likeness (QED) is 0.841. The van der Waals surface area contributed by atoms with E-state index >= 15 is 0 Å². The number of anilines is 1. The number of para-hydroxylation sites is 1. The lowest BCUT2D eigenvalue weighted by atomic mass is 10.1. The van der Waals surface area contributed by atoms with Crippen LogP contribution in [0.15, 0.2) is 30.3 Å². The summed E-state index contributed by atoms with van der Waals surface area (Å²) in [5.74, 6) is 0.146. The lowest BCUT2D eigenvalue weighted by Crippen LogP contribution is -2.26. The molecular weight excluding hydrogens is 240 g/mol. The number of fused-ring (bicyclic) bond motifs is 1. The number of amides is 1. The largest absolute Gasteiger partial charge is 0.365 e. The molecule has 2 rings (SSSR count). The van der Waals surface area contributed by atoms with E-state index in [-0.39, 0.29) is 0 Å². The van der Waals surface area contributed by atoms with Gasteiger partial charge in [-0.3, -0.25) is 4.79 Å². The van der Waals surface area contributed by atoms with Gasteiger partial charge in [-0.05, 0) is 25.1 Å². The maximum absolute atomic E-state index is 11.6. The summed E-state index contributed by atoms with van der Waals surface area (Å²) >= 11 is 0. The first kappa shape index (κ1) is 13.3. The van der Waals surface area contributed by atoms with Crippen molar-refractivity contribution in [2.75, 3.05) is 25.0 Å². The van der Waals surface area contributed by atoms with Crippen molar-refractivity contribution in [1.29, 1.82) is 0 Å². The summed E-state index contributed by atoms with van der Waals surface area (Å²) < 4.78 is 0. The van der Waals surface area contributed by atoms with Crippen LogP contribution in [-0.2, 0) is 0 Å². The number of nitrogens with zero attached hydrogens (tertiary/aromatic N) is 2. The number of benzene rings is 1. The van der Waals surface area contributed by atoms with Crippen LogP contribution in [0, 0.1) is 0 Å². The summed E-state index contributed by atoms with van der Waals surface area (Å²) in [7, 11) is 1.89. The normalized spacial score (nSPS) is 10.6. The van der Waals surface area contributed by atoms with Crippen LogP contribution in [0.25, 0.3) is 10.9 Å². The number of rotatable bonds is 5. The average molecular weight is 258 g/mol. The highest BCUT2D eigenvalue weighted by molar-refractivity contribution is 6.01. The fourth-order valence-electron chi connectivity index (χ4n) is 2.01. The lowest BCUT2D eigenvalue weighted by Gasteiger charge is -2.20. The molecule has 4 N–H and O–H groups in total. The zero-order valence-electron chi connectivity index (χ0n) is 11.0. The first-order valence-corrected chi connectivity index (χ1v) is 6.24. The van der Waals surface area contributed by atoms with Gasteiger partial charge in [0.05, 0.1) is 11.1 Å². The molecule has 0 aliphatic heterocycles. The van der Waals surface area contributed by atoms with Gasteiger partial charge in [-0.15, -0.1) is 0 Å². The van der Waals surface area contributed by atoms with Crippen LogP contribution in [0.1, 0.15) is 16.8 Å². The van der Waals surface area contributed by atoms with E-state index in [9.17, 15) is 4.79 Å². The third-order valence-electron chi connectivity index (χ3n) is 3.03. The summed E-state index contributed by atoms with van der Waals surface area (Å²) in [6.07, 6.45) is 0.837. The van der Waals surface area contributed by atoms with Crippen LogP contribution < -0.4 is 16.4 Å². The third-order valence-corrected chi connectivity index (χ3v) is 3.03. The Balaban J connectivity index is 2.50. The van der Waals surface area contributed by atoms with E-state index in [1.165, 1.54) is 0 Å². The van der Waals surface area contributed by atoms with Crippen molar-refractivity contribution in [3.8, 4) is 0 Å². The predicted octanol–water partition coefficient (Wildman–Crippen LogP) is 1.12. The molecule has 1 heterocycles. The Morgan fingerprint density at radius 2 is 2.11 bits per heavy atom. The van der Waals surface area contributed by atoms with Crippen molar-refractivity contribution in [2.45, 2.75) is 6.42 Å². The van der Waals surface area contributed by atoms with Crippen LogP contribution in [0.2, 0.25) is 0 Å². The molecule has 0 unspecified atom stereocenters. The van der Waals surface area contributed by atoms with Crippen LogP contribution in [-0.4, -0.2) is 31.0 Å². The Hall–Kier alpha value is -2.14. The highest BCUT2D eigenvalue weighted by atomic mass is 16.1. The predicted molar refractivity (Wildman–Crippen MR) is 77.2 cm³/mol. The monoisotopic (exact) mass is 258 g/mol.